The van der Waals surface area contributed by atoms with Crippen molar-refractivity contribution < 1.29 is 18.9 Å². The summed E-state index contributed by atoms with van der Waals surface area (Å²) in [7, 11) is 6.57. The van der Waals surface area contributed by atoms with Gasteiger partial charge in [0.1, 0.15) is 5.01 Å². The zero-order valence-corrected chi connectivity index (χ0v) is 17.3. The Morgan fingerprint density at radius 2 is 1.50 bits per heavy atom. The predicted molar refractivity (Wildman–Crippen MR) is 111 cm³/mol. The van der Waals surface area contributed by atoms with Gasteiger partial charge >= 0.3 is 0 Å². The van der Waals surface area contributed by atoms with E-state index in [-0.39, 0.29) is 0 Å². The van der Waals surface area contributed by atoms with Crippen molar-refractivity contribution in [2.45, 2.75) is 13.1 Å². The highest BCUT2D eigenvalue weighted by molar-refractivity contribution is 7.15. The molecule has 28 heavy (non-hydrogen) atoms. The van der Waals surface area contributed by atoms with Gasteiger partial charge < -0.3 is 24.3 Å². The fraction of sp³-hybridized carbons (Fsp3) is 0.286. The summed E-state index contributed by atoms with van der Waals surface area (Å²) >= 11 is 1.62. The summed E-state index contributed by atoms with van der Waals surface area (Å²) in [5.74, 6) is 2.90. The van der Waals surface area contributed by atoms with Crippen LogP contribution in [0.3, 0.4) is 0 Å². The van der Waals surface area contributed by atoms with E-state index in [2.05, 4.69) is 10.3 Å². The number of para-hydroxylation sites is 2. The number of aromatic nitrogens is 1. The van der Waals surface area contributed by atoms with Crippen molar-refractivity contribution in [2.75, 3.05) is 28.4 Å². The van der Waals surface area contributed by atoms with Crippen LogP contribution < -0.4 is 24.3 Å². The molecule has 0 saturated carbocycles. The quantitative estimate of drug-likeness (QED) is 0.583. The first-order chi connectivity index (χ1) is 13.7. The number of hydrogen-bond donors (Lipinski definition) is 1. The molecular formula is C21H24N2O4S. The van der Waals surface area contributed by atoms with E-state index in [1.165, 1.54) is 0 Å². The van der Waals surface area contributed by atoms with E-state index in [0.29, 0.717) is 24.6 Å². The first kappa shape index (κ1) is 20.0. The van der Waals surface area contributed by atoms with E-state index in [4.69, 9.17) is 18.9 Å². The van der Waals surface area contributed by atoms with Crippen LogP contribution in [0.5, 0.6) is 23.0 Å². The van der Waals surface area contributed by atoms with E-state index >= 15 is 0 Å². The highest BCUT2D eigenvalue weighted by Crippen LogP contribution is 2.40. The molecule has 1 heterocycles. The molecule has 1 N–H and O–H groups in total. The summed E-state index contributed by atoms with van der Waals surface area (Å²) in [4.78, 5) is 5.57. The Hall–Kier alpha value is -2.77. The number of ether oxygens (including phenoxy) is 4. The monoisotopic (exact) mass is 400 g/mol. The lowest BCUT2D eigenvalue weighted by Gasteiger charge is -2.12. The fourth-order valence-corrected chi connectivity index (χ4v) is 3.90. The number of hydrogen-bond acceptors (Lipinski definition) is 7. The van der Waals surface area contributed by atoms with Gasteiger partial charge in [-0.1, -0.05) is 18.2 Å². The molecule has 0 aliphatic carbocycles. The number of methoxy groups -OCH3 is 4. The van der Waals surface area contributed by atoms with Crippen molar-refractivity contribution in [3.05, 3.63) is 53.2 Å². The first-order valence-corrected chi connectivity index (χ1v) is 9.60. The maximum absolute atomic E-state index is 5.53. The number of rotatable bonds is 9. The molecule has 0 unspecified atom stereocenters. The minimum atomic E-state index is 0.650. The van der Waals surface area contributed by atoms with Gasteiger partial charge in [-0.05, 0) is 18.2 Å². The standard InChI is InChI=1S/C21H24N2O4S/c1-24-16-9-5-7-14(20(16)26-3)11-22-13-19-23-12-18(28-19)15-8-6-10-17(25-2)21(15)27-4/h5-10,12,22H,11,13H2,1-4H3. The van der Waals surface area contributed by atoms with Crippen molar-refractivity contribution in [3.8, 4) is 33.4 Å². The van der Waals surface area contributed by atoms with Gasteiger partial charge in [-0.25, -0.2) is 4.98 Å². The average molecular weight is 401 g/mol. The molecule has 1 aromatic heterocycles. The Morgan fingerprint density at radius 1 is 0.821 bits per heavy atom. The van der Waals surface area contributed by atoms with E-state index in [1.807, 2.05) is 42.6 Å². The Labute approximate surface area is 169 Å². The summed E-state index contributed by atoms with van der Waals surface area (Å²) in [6.07, 6.45) is 1.87. The first-order valence-electron chi connectivity index (χ1n) is 8.78. The summed E-state index contributed by atoms with van der Waals surface area (Å²) in [6.45, 7) is 1.30. The van der Waals surface area contributed by atoms with E-state index in [9.17, 15) is 0 Å². The SMILES string of the molecule is COc1cccc(CNCc2ncc(-c3cccc(OC)c3OC)s2)c1OC. The lowest BCUT2D eigenvalue weighted by molar-refractivity contribution is 0.350. The molecule has 0 aliphatic heterocycles. The van der Waals surface area contributed by atoms with Crippen molar-refractivity contribution in [3.63, 3.8) is 0 Å². The van der Waals surface area contributed by atoms with Gasteiger partial charge in [0, 0.05) is 30.4 Å². The van der Waals surface area contributed by atoms with Crippen molar-refractivity contribution >= 4 is 11.3 Å². The van der Waals surface area contributed by atoms with Crippen LogP contribution in [-0.4, -0.2) is 33.4 Å². The van der Waals surface area contributed by atoms with Gasteiger partial charge in [-0.2, -0.15) is 0 Å². The number of benzene rings is 2. The van der Waals surface area contributed by atoms with Crippen LogP contribution in [0.4, 0.5) is 0 Å². The molecule has 148 valence electrons. The molecule has 0 aliphatic rings. The summed E-state index contributed by atoms with van der Waals surface area (Å²) in [5.41, 5.74) is 2.01. The minimum absolute atomic E-state index is 0.650. The van der Waals surface area contributed by atoms with Gasteiger partial charge in [0.2, 0.25) is 0 Å². The Bertz CT molecular complexity index is 927. The number of nitrogens with one attached hydrogen (secondary N) is 1. The van der Waals surface area contributed by atoms with Crippen LogP contribution in [0.25, 0.3) is 10.4 Å². The summed E-state index contributed by atoms with van der Waals surface area (Å²) in [6, 6.07) is 11.7. The van der Waals surface area contributed by atoms with Gasteiger partial charge in [0.25, 0.3) is 0 Å². The summed E-state index contributed by atoms with van der Waals surface area (Å²) < 4.78 is 21.7. The van der Waals surface area contributed by atoms with Crippen LogP contribution in [0.1, 0.15) is 10.6 Å². The maximum atomic E-state index is 5.53. The molecule has 0 saturated heterocycles. The third-order valence-corrected chi connectivity index (χ3v) is 5.33. The zero-order chi connectivity index (χ0) is 19.9. The van der Waals surface area contributed by atoms with Crippen molar-refractivity contribution in [1.29, 1.82) is 0 Å². The van der Waals surface area contributed by atoms with Crippen molar-refractivity contribution in [2.24, 2.45) is 0 Å². The second-order valence-electron chi connectivity index (χ2n) is 5.92. The van der Waals surface area contributed by atoms with Crippen LogP contribution in [0.2, 0.25) is 0 Å². The fourth-order valence-electron chi connectivity index (χ4n) is 2.99. The molecule has 0 amide bonds. The molecule has 0 spiro atoms. The van der Waals surface area contributed by atoms with Crippen molar-refractivity contribution in [1.82, 2.24) is 10.3 Å². The molecule has 2 aromatic carbocycles. The highest BCUT2D eigenvalue weighted by atomic mass is 32.1. The Kier molecular flexibility index (Phi) is 6.73. The molecule has 0 atom stereocenters. The van der Waals surface area contributed by atoms with E-state index < -0.39 is 0 Å². The maximum Gasteiger partial charge on any atom is 0.169 e. The second kappa shape index (κ2) is 9.43. The van der Waals surface area contributed by atoms with Gasteiger partial charge in [-0.15, -0.1) is 11.3 Å². The normalized spacial score (nSPS) is 10.6. The van der Waals surface area contributed by atoms with Crippen LogP contribution in [-0.2, 0) is 13.1 Å². The largest absolute Gasteiger partial charge is 0.493 e. The molecule has 0 radical (unpaired) electrons. The van der Waals surface area contributed by atoms with Gasteiger partial charge in [0.05, 0.1) is 33.3 Å². The molecular weight excluding hydrogens is 376 g/mol. The molecule has 0 fully saturated rings. The third-order valence-electron chi connectivity index (χ3n) is 4.30. The molecule has 6 nitrogen and oxygen atoms in total. The highest BCUT2D eigenvalue weighted by Gasteiger charge is 2.14. The second-order valence-corrected chi connectivity index (χ2v) is 7.03. The molecule has 3 aromatic rings. The Morgan fingerprint density at radius 3 is 2.18 bits per heavy atom. The average Bonchev–Trinajstić information content (AvgIpc) is 3.21. The van der Waals surface area contributed by atoms with Gasteiger partial charge in [0.15, 0.2) is 23.0 Å². The smallest absolute Gasteiger partial charge is 0.169 e. The third kappa shape index (κ3) is 4.21. The van der Waals surface area contributed by atoms with E-state index in [1.54, 1.807) is 39.8 Å². The molecule has 7 heteroatoms. The minimum Gasteiger partial charge on any atom is -0.493 e. The van der Waals surface area contributed by atoms with Gasteiger partial charge in [-0.3, -0.25) is 0 Å². The lowest BCUT2D eigenvalue weighted by Crippen LogP contribution is -2.13. The van der Waals surface area contributed by atoms with E-state index in [0.717, 1.165) is 32.5 Å². The zero-order valence-electron chi connectivity index (χ0n) is 16.4. The number of thiazole rings is 1. The molecule has 0 bridgehead atoms. The summed E-state index contributed by atoms with van der Waals surface area (Å²) in [5, 5.41) is 4.40. The number of nitrogens with zero attached hydrogens (tertiary/aromatic N) is 1. The predicted octanol–water partition coefficient (Wildman–Crippen LogP) is 4.13. The van der Waals surface area contributed by atoms with Crippen LogP contribution in [0, 0.1) is 0 Å². The van der Waals surface area contributed by atoms with Crippen LogP contribution >= 0.6 is 11.3 Å². The topological polar surface area (TPSA) is 61.8 Å². The lowest BCUT2D eigenvalue weighted by atomic mass is 10.1. The van der Waals surface area contributed by atoms with Crippen LogP contribution in [0.15, 0.2) is 42.6 Å². The Balaban J connectivity index is 1.70. The molecule has 3 rings (SSSR count).